The molecule has 0 spiro atoms. The summed E-state index contributed by atoms with van der Waals surface area (Å²) in [7, 11) is 0. The predicted molar refractivity (Wildman–Crippen MR) is 73.9 cm³/mol. The first-order valence-electron chi connectivity index (χ1n) is 7.11. The summed E-state index contributed by atoms with van der Waals surface area (Å²) in [4.78, 5) is 0. The summed E-state index contributed by atoms with van der Waals surface area (Å²) in [5.41, 5.74) is 1.14. The van der Waals surface area contributed by atoms with Gasteiger partial charge < -0.3 is 9.84 Å². The molecule has 1 N–H and O–H groups in total. The Labute approximate surface area is 110 Å². The molecule has 2 rings (SSSR count). The molecule has 0 aromatic heterocycles. The first kappa shape index (κ1) is 13.4. The summed E-state index contributed by atoms with van der Waals surface area (Å²) in [5, 5.41) is 10.1. The quantitative estimate of drug-likeness (QED) is 0.880. The molecule has 2 heteroatoms. The van der Waals surface area contributed by atoms with Gasteiger partial charge in [-0.25, -0.2) is 0 Å². The number of para-hydroxylation sites is 1. The first-order valence-corrected chi connectivity index (χ1v) is 7.11. The minimum atomic E-state index is -0.308. The SMILES string of the molecule is CCCC1CCC(O)C(Oc2ccccc2C)C1. The van der Waals surface area contributed by atoms with Crippen LogP contribution in [0.1, 0.15) is 44.6 Å². The highest BCUT2D eigenvalue weighted by Gasteiger charge is 2.30. The lowest BCUT2D eigenvalue weighted by Crippen LogP contribution is -2.38. The zero-order chi connectivity index (χ0) is 13.0. The van der Waals surface area contributed by atoms with Gasteiger partial charge in [0, 0.05) is 0 Å². The van der Waals surface area contributed by atoms with Crippen LogP contribution in [0.25, 0.3) is 0 Å². The Balaban J connectivity index is 2.00. The fourth-order valence-corrected chi connectivity index (χ4v) is 2.84. The summed E-state index contributed by atoms with van der Waals surface area (Å²) < 4.78 is 6.02. The third-order valence-electron chi connectivity index (χ3n) is 3.93. The number of aliphatic hydroxyl groups excluding tert-OH is 1. The molecule has 1 saturated carbocycles. The lowest BCUT2D eigenvalue weighted by Gasteiger charge is -2.33. The van der Waals surface area contributed by atoms with Gasteiger partial charge in [0.25, 0.3) is 0 Å². The highest BCUT2D eigenvalue weighted by molar-refractivity contribution is 5.32. The molecule has 100 valence electrons. The molecule has 1 fully saturated rings. The van der Waals surface area contributed by atoms with Crippen LogP contribution < -0.4 is 4.74 Å². The van der Waals surface area contributed by atoms with E-state index in [1.54, 1.807) is 0 Å². The summed E-state index contributed by atoms with van der Waals surface area (Å²) in [5.74, 6) is 1.63. The smallest absolute Gasteiger partial charge is 0.125 e. The van der Waals surface area contributed by atoms with Crippen molar-refractivity contribution in [3.05, 3.63) is 29.8 Å². The number of rotatable bonds is 4. The normalized spacial score (nSPS) is 28.1. The maximum Gasteiger partial charge on any atom is 0.125 e. The standard InChI is InChI=1S/C16H24O2/c1-3-6-13-9-10-14(17)16(11-13)18-15-8-5-4-7-12(15)2/h4-5,7-8,13-14,16-17H,3,6,9-11H2,1-2H3. The van der Waals surface area contributed by atoms with Gasteiger partial charge in [-0.15, -0.1) is 0 Å². The van der Waals surface area contributed by atoms with Gasteiger partial charge in [0.2, 0.25) is 0 Å². The van der Waals surface area contributed by atoms with Crippen molar-refractivity contribution in [1.82, 2.24) is 0 Å². The minimum absolute atomic E-state index is 0.0311. The van der Waals surface area contributed by atoms with E-state index in [1.807, 2.05) is 31.2 Å². The second-order valence-electron chi connectivity index (χ2n) is 5.46. The van der Waals surface area contributed by atoms with Crippen molar-refractivity contribution < 1.29 is 9.84 Å². The van der Waals surface area contributed by atoms with Crippen LogP contribution in [0.15, 0.2) is 24.3 Å². The van der Waals surface area contributed by atoms with Crippen molar-refractivity contribution in [1.29, 1.82) is 0 Å². The predicted octanol–water partition coefficient (Wildman–Crippen LogP) is 3.70. The van der Waals surface area contributed by atoms with Crippen molar-refractivity contribution in [3.63, 3.8) is 0 Å². The molecule has 2 nitrogen and oxygen atoms in total. The topological polar surface area (TPSA) is 29.5 Å². The maximum absolute atomic E-state index is 10.1. The Kier molecular flexibility index (Phi) is 4.65. The second-order valence-corrected chi connectivity index (χ2v) is 5.46. The molecule has 0 amide bonds. The van der Waals surface area contributed by atoms with Crippen molar-refractivity contribution in [3.8, 4) is 5.75 Å². The Morgan fingerprint density at radius 2 is 2.06 bits per heavy atom. The van der Waals surface area contributed by atoms with Crippen LogP contribution in [0.5, 0.6) is 5.75 Å². The highest BCUT2D eigenvalue weighted by Crippen LogP contribution is 2.31. The molecule has 0 saturated heterocycles. The lowest BCUT2D eigenvalue weighted by atomic mass is 9.83. The molecular weight excluding hydrogens is 224 g/mol. The van der Waals surface area contributed by atoms with E-state index in [0.717, 1.165) is 30.6 Å². The number of benzene rings is 1. The fraction of sp³-hybridized carbons (Fsp3) is 0.625. The molecule has 1 aromatic carbocycles. The van der Waals surface area contributed by atoms with Crippen LogP contribution in [0.2, 0.25) is 0 Å². The number of aliphatic hydroxyl groups is 1. The minimum Gasteiger partial charge on any atom is -0.487 e. The Morgan fingerprint density at radius 3 is 2.78 bits per heavy atom. The van der Waals surface area contributed by atoms with Crippen LogP contribution in [0.4, 0.5) is 0 Å². The third kappa shape index (κ3) is 3.26. The largest absolute Gasteiger partial charge is 0.487 e. The molecule has 3 unspecified atom stereocenters. The van der Waals surface area contributed by atoms with Gasteiger partial charge in [-0.05, 0) is 43.7 Å². The molecule has 0 radical (unpaired) electrons. The Bertz CT molecular complexity index is 375. The van der Waals surface area contributed by atoms with E-state index in [-0.39, 0.29) is 12.2 Å². The van der Waals surface area contributed by atoms with Crippen molar-refractivity contribution >= 4 is 0 Å². The maximum atomic E-state index is 10.1. The third-order valence-corrected chi connectivity index (χ3v) is 3.93. The molecule has 0 aliphatic heterocycles. The van der Waals surface area contributed by atoms with Gasteiger partial charge in [-0.3, -0.25) is 0 Å². The second kappa shape index (κ2) is 6.24. The average Bonchev–Trinajstić information content (AvgIpc) is 2.36. The Hall–Kier alpha value is -1.02. The number of aryl methyl sites for hydroxylation is 1. The van der Waals surface area contributed by atoms with Crippen LogP contribution in [0.3, 0.4) is 0 Å². The highest BCUT2D eigenvalue weighted by atomic mass is 16.5. The molecule has 0 heterocycles. The van der Waals surface area contributed by atoms with Crippen LogP contribution in [-0.2, 0) is 0 Å². The van der Waals surface area contributed by atoms with Gasteiger partial charge >= 0.3 is 0 Å². The van der Waals surface area contributed by atoms with Crippen molar-refractivity contribution in [2.45, 2.75) is 58.2 Å². The summed E-state index contributed by atoms with van der Waals surface area (Å²) >= 11 is 0. The summed E-state index contributed by atoms with van der Waals surface area (Å²) in [6.07, 6.45) is 5.14. The van der Waals surface area contributed by atoms with Gasteiger partial charge in [0.1, 0.15) is 11.9 Å². The summed E-state index contributed by atoms with van der Waals surface area (Å²) in [6, 6.07) is 8.04. The molecule has 1 aliphatic carbocycles. The van der Waals surface area contributed by atoms with Crippen LogP contribution in [0, 0.1) is 12.8 Å². The molecule has 1 aliphatic rings. The number of hydrogen-bond donors (Lipinski definition) is 1. The van der Waals surface area contributed by atoms with Gasteiger partial charge in [0.15, 0.2) is 0 Å². The fourth-order valence-electron chi connectivity index (χ4n) is 2.84. The first-order chi connectivity index (χ1) is 8.70. The van der Waals surface area contributed by atoms with Gasteiger partial charge in [-0.1, -0.05) is 38.0 Å². The van der Waals surface area contributed by atoms with E-state index < -0.39 is 0 Å². The average molecular weight is 248 g/mol. The number of hydrogen-bond acceptors (Lipinski definition) is 2. The van der Waals surface area contributed by atoms with E-state index in [9.17, 15) is 5.11 Å². The number of ether oxygens (including phenoxy) is 1. The molecular formula is C16H24O2. The molecule has 3 atom stereocenters. The Morgan fingerprint density at radius 1 is 1.28 bits per heavy atom. The summed E-state index contributed by atoms with van der Waals surface area (Å²) in [6.45, 7) is 4.27. The van der Waals surface area contributed by atoms with Crippen LogP contribution in [-0.4, -0.2) is 17.3 Å². The van der Waals surface area contributed by atoms with E-state index in [1.165, 1.54) is 12.8 Å². The van der Waals surface area contributed by atoms with E-state index in [2.05, 4.69) is 6.92 Å². The lowest BCUT2D eigenvalue weighted by molar-refractivity contribution is -0.0120. The van der Waals surface area contributed by atoms with Crippen LogP contribution >= 0.6 is 0 Å². The van der Waals surface area contributed by atoms with Gasteiger partial charge in [0.05, 0.1) is 6.10 Å². The van der Waals surface area contributed by atoms with E-state index in [4.69, 9.17) is 4.74 Å². The monoisotopic (exact) mass is 248 g/mol. The zero-order valence-corrected chi connectivity index (χ0v) is 11.4. The molecule has 0 bridgehead atoms. The van der Waals surface area contributed by atoms with Crippen molar-refractivity contribution in [2.75, 3.05) is 0 Å². The van der Waals surface area contributed by atoms with E-state index >= 15 is 0 Å². The molecule has 18 heavy (non-hydrogen) atoms. The van der Waals surface area contributed by atoms with E-state index in [0.29, 0.717) is 5.92 Å². The van der Waals surface area contributed by atoms with Gasteiger partial charge in [-0.2, -0.15) is 0 Å². The van der Waals surface area contributed by atoms with Crippen molar-refractivity contribution in [2.24, 2.45) is 5.92 Å². The molecule has 1 aromatic rings. The zero-order valence-electron chi connectivity index (χ0n) is 11.4.